The van der Waals surface area contributed by atoms with Gasteiger partial charge in [-0.25, -0.2) is 14.6 Å². The Morgan fingerprint density at radius 3 is 2.72 bits per heavy atom. The summed E-state index contributed by atoms with van der Waals surface area (Å²) in [4.78, 5) is 44.6. The minimum Gasteiger partial charge on any atom is -0.462 e. The molecule has 0 amide bonds. The van der Waals surface area contributed by atoms with E-state index in [1.54, 1.807) is 38.1 Å². The molecule has 0 unspecified atom stereocenters. The maximum atomic E-state index is 12.2. The first-order valence-corrected chi connectivity index (χ1v) is 9.85. The third kappa shape index (κ3) is 3.92. The predicted molar refractivity (Wildman–Crippen MR) is 112 cm³/mol. The van der Waals surface area contributed by atoms with Crippen LogP contribution in [0.25, 0.3) is 22.2 Å². The largest absolute Gasteiger partial charge is 0.462 e. The van der Waals surface area contributed by atoms with Crippen LogP contribution in [0.3, 0.4) is 0 Å². The molecule has 4 aromatic rings. The van der Waals surface area contributed by atoms with Gasteiger partial charge in [0.15, 0.2) is 18.0 Å². The SMILES string of the molecule is CCOC(=O)c1c(C)oc2nc(COC(=O)CCn3c(=O)oc4ccccc43)nc(N)c12. The summed E-state index contributed by atoms with van der Waals surface area (Å²) in [6.45, 7) is 3.31. The van der Waals surface area contributed by atoms with Crippen LogP contribution in [0.5, 0.6) is 0 Å². The van der Waals surface area contributed by atoms with Gasteiger partial charge in [-0.1, -0.05) is 12.1 Å². The molecule has 0 aliphatic heterocycles. The molecule has 1 aromatic carbocycles. The number of benzene rings is 1. The monoisotopic (exact) mass is 440 g/mol. The van der Waals surface area contributed by atoms with Crippen molar-refractivity contribution >= 4 is 40.0 Å². The number of hydrogen-bond donors (Lipinski definition) is 1. The Morgan fingerprint density at radius 1 is 1.16 bits per heavy atom. The molecule has 0 saturated carbocycles. The van der Waals surface area contributed by atoms with E-state index in [1.165, 1.54) is 4.57 Å². The van der Waals surface area contributed by atoms with Gasteiger partial charge in [0, 0.05) is 6.54 Å². The normalized spacial score (nSPS) is 11.2. The van der Waals surface area contributed by atoms with Crippen LogP contribution < -0.4 is 11.5 Å². The number of aryl methyl sites for hydroxylation is 2. The second kappa shape index (κ2) is 8.53. The number of fused-ring (bicyclic) bond motifs is 2. The fraction of sp³-hybridized carbons (Fsp3) is 0.286. The molecular formula is C21H20N4O7. The van der Waals surface area contributed by atoms with Crippen LogP contribution >= 0.6 is 0 Å². The van der Waals surface area contributed by atoms with Crippen molar-refractivity contribution in [2.75, 3.05) is 12.3 Å². The number of oxazole rings is 1. The number of hydrogen-bond acceptors (Lipinski definition) is 10. The summed E-state index contributed by atoms with van der Waals surface area (Å²) in [6, 6.07) is 6.93. The number of rotatable bonds is 7. The van der Waals surface area contributed by atoms with Gasteiger partial charge in [0.25, 0.3) is 0 Å². The van der Waals surface area contributed by atoms with Gasteiger partial charge in [0.1, 0.15) is 17.1 Å². The van der Waals surface area contributed by atoms with Crippen LogP contribution in [-0.2, 0) is 27.4 Å². The maximum absolute atomic E-state index is 12.2. The maximum Gasteiger partial charge on any atom is 0.419 e. The number of para-hydroxylation sites is 2. The number of carbonyl (C=O) groups is 2. The fourth-order valence-corrected chi connectivity index (χ4v) is 3.34. The summed E-state index contributed by atoms with van der Waals surface area (Å²) in [5.74, 6) is -1.28. The Hall–Kier alpha value is -4.15. The number of furan rings is 1. The number of carbonyl (C=O) groups excluding carboxylic acids is 2. The summed E-state index contributed by atoms with van der Waals surface area (Å²) in [6.07, 6.45) is -0.0615. The predicted octanol–water partition coefficient (Wildman–Crippen LogP) is 2.33. The topological polar surface area (TPSA) is 153 Å². The number of ether oxygens (including phenoxy) is 2. The number of aromatic nitrogens is 3. The van der Waals surface area contributed by atoms with Crippen LogP contribution in [0.1, 0.15) is 35.3 Å². The molecule has 11 nitrogen and oxygen atoms in total. The molecule has 0 aliphatic carbocycles. The van der Waals surface area contributed by atoms with Crippen LogP contribution in [0.4, 0.5) is 5.82 Å². The van der Waals surface area contributed by atoms with Gasteiger partial charge < -0.3 is 24.0 Å². The summed E-state index contributed by atoms with van der Waals surface area (Å²) >= 11 is 0. The van der Waals surface area contributed by atoms with Crippen LogP contribution in [0, 0.1) is 6.92 Å². The zero-order valence-electron chi connectivity index (χ0n) is 17.4. The van der Waals surface area contributed by atoms with E-state index >= 15 is 0 Å². The molecule has 0 spiro atoms. The van der Waals surface area contributed by atoms with Crippen molar-refractivity contribution in [1.82, 2.24) is 14.5 Å². The average Bonchev–Trinajstić information content (AvgIpc) is 3.26. The number of esters is 2. The highest BCUT2D eigenvalue weighted by Gasteiger charge is 2.24. The molecule has 3 aromatic heterocycles. The van der Waals surface area contributed by atoms with Gasteiger partial charge in [0.05, 0.1) is 23.9 Å². The molecule has 11 heteroatoms. The van der Waals surface area contributed by atoms with E-state index in [0.717, 1.165) is 0 Å². The summed E-state index contributed by atoms with van der Waals surface area (Å²) in [5, 5.41) is 0.252. The molecule has 4 rings (SSSR count). The fourth-order valence-electron chi connectivity index (χ4n) is 3.34. The van der Waals surface area contributed by atoms with Gasteiger partial charge >= 0.3 is 17.7 Å². The lowest BCUT2D eigenvalue weighted by atomic mass is 10.2. The van der Waals surface area contributed by atoms with E-state index in [-0.39, 0.29) is 54.5 Å². The highest BCUT2D eigenvalue weighted by atomic mass is 16.5. The highest BCUT2D eigenvalue weighted by Crippen LogP contribution is 2.29. The Kier molecular flexibility index (Phi) is 5.63. The molecule has 2 N–H and O–H groups in total. The number of anilines is 1. The van der Waals surface area contributed by atoms with Crippen LogP contribution in [-0.4, -0.2) is 33.1 Å². The van der Waals surface area contributed by atoms with E-state index in [2.05, 4.69) is 9.97 Å². The van der Waals surface area contributed by atoms with Crippen molar-refractivity contribution in [3.63, 3.8) is 0 Å². The minimum absolute atomic E-state index is 0.0115. The zero-order chi connectivity index (χ0) is 22.8. The number of nitrogen functional groups attached to an aromatic ring is 1. The molecule has 0 aliphatic rings. The van der Waals surface area contributed by atoms with Gasteiger partial charge in [-0.15, -0.1) is 0 Å². The second-order valence-electron chi connectivity index (χ2n) is 6.86. The number of nitrogens with zero attached hydrogens (tertiary/aromatic N) is 3. The number of nitrogens with two attached hydrogens (primary N) is 1. The summed E-state index contributed by atoms with van der Waals surface area (Å²) in [7, 11) is 0. The van der Waals surface area contributed by atoms with E-state index in [4.69, 9.17) is 24.0 Å². The first-order valence-electron chi connectivity index (χ1n) is 9.85. The zero-order valence-corrected chi connectivity index (χ0v) is 17.4. The van der Waals surface area contributed by atoms with Crippen LogP contribution in [0.2, 0.25) is 0 Å². The van der Waals surface area contributed by atoms with Gasteiger partial charge in [-0.2, -0.15) is 4.98 Å². The molecule has 0 radical (unpaired) electrons. The molecule has 3 heterocycles. The third-order valence-electron chi connectivity index (χ3n) is 4.76. The van der Waals surface area contributed by atoms with Crippen molar-refractivity contribution < 1.29 is 27.9 Å². The highest BCUT2D eigenvalue weighted by molar-refractivity contribution is 6.07. The summed E-state index contributed by atoms with van der Waals surface area (Å²) < 4.78 is 22.2. The third-order valence-corrected chi connectivity index (χ3v) is 4.76. The van der Waals surface area contributed by atoms with Gasteiger partial charge in [-0.05, 0) is 26.0 Å². The lowest BCUT2D eigenvalue weighted by Gasteiger charge is -2.06. The quantitative estimate of drug-likeness (QED) is 0.424. The Labute approximate surface area is 180 Å². The first kappa shape index (κ1) is 21.1. The average molecular weight is 440 g/mol. The van der Waals surface area contributed by atoms with Gasteiger partial charge in [-0.3, -0.25) is 9.36 Å². The lowest BCUT2D eigenvalue weighted by Crippen LogP contribution is -2.17. The molecule has 0 atom stereocenters. The smallest absolute Gasteiger partial charge is 0.419 e. The van der Waals surface area contributed by atoms with E-state index in [1.807, 2.05) is 0 Å². The standard InChI is InChI=1S/C21H20N4O7/c1-3-29-20(27)16-11(2)31-19-17(16)18(22)23-14(24-19)10-30-15(26)8-9-25-12-6-4-5-7-13(12)32-21(25)28/h4-7H,3,8-10H2,1-2H3,(H2,22,23,24). The van der Waals surface area contributed by atoms with Crippen molar-refractivity contribution in [2.45, 2.75) is 33.4 Å². The van der Waals surface area contributed by atoms with Crippen molar-refractivity contribution in [3.05, 3.63) is 52.0 Å². The second-order valence-corrected chi connectivity index (χ2v) is 6.86. The molecule has 0 saturated heterocycles. The van der Waals surface area contributed by atoms with Crippen LogP contribution in [0.15, 0.2) is 37.9 Å². The van der Waals surface area contributed by atoms with Crippen molar-refractivity contribution in [1.29, 1.82) is 0 Å². The Balaban J connectivity index is 1.45. The molecular weight excluding hydrogens is 420 g/mol. The molecule has 166 valence electrons. The van der Waals surface area contributed by atoms with E-state index in [9.17, 15) is 14.4 Å². The first-order chi connectivity index (χ1) is 15.4. The van der Waals surface area contributed by atoms with E-state index < -0.39 is 17.7 Å². The van der Waals surface area contributed by atoms with E-state index in [0.29, 0.717) is 16.9 Å². The minimum atomic E-state index is -0.583. The Morgan fingerprint density at radius 2 is 1.94 bits per heavy atom. The van der Waals surface area contributed by atoms with Crippen molar-refractivity contribution in [2.24, 2.45) is 0 Å². The molecule has 0 fully saturated rings. The van der Waals surface area contributed by atoms with Crippen molar-refractivity contribution in [3.8, 4) is 0 Å². The molecule has 0 bridgehead atoms. The Bertz CT molecular complexity index is 1380. The lowest BCUT2D eigenvalue weighted by molar-refractivity contribution is -0.145. The van der Waals surface area contributed by atoms with Gasteiger partial charge in [0.2, 0.25) is 5.71 Å². The molecule has 32 heavy (non-hydrogen) atoms. The summed E-state index contributed by atoms with van der Waals surface area (Å²) in [5.41, 5.74) is 7.30.